The second-order valence-electron chi connectivity index (χ2n) is 5.87. The minimum absolute atomic E-state index is 0.417. The first kappa shape index (κ1) is 12.9. The van der Waals surface area contributed by atoms with Crippen LogP contribution in [0, 0.1) is 23.2 Å². The molecule has 96 valence electrons. The van der Waals surface area contributed by atoms with E-state index in [1.165, 1.54) is 19.4 Å². The van der Waals surface area contributed by atoms with E-state index in [2.05, 4.69) is 17.9 Å². The molecule has 2 rings (SSSR count). The Hall–Kier alpha value is -0.590. The molecule has 0 spiro atoms. The Morgan fingerprint density at radius 3 is 2.76 bits per heavy atom. The Balaban J connectivity index is 1.78. The van der Waals surface area contributed by atoms with Gasteiger partial charge in [-0.3, -0.25) is 0 Å². The molecule has 2 unspecified atom stereocenters. The molecule has 17 heavy (non-hydrogen) atoms. The van der Waals surface area contributed by atoms with Gasteiger partial charge in [-0.25, -0.2) is 0 Å². The maximum Gasteiger partial charge on any atom is 0.107 e. The first-order valence-electron chi connectivity index (χ1n) is 7.10. The molecule has 2 fully saturated rings. The fourth-order valence-corrected chi connectivity index (χ4v) is 3.03. The minimum atomic E-state index is -0.529. The highest BCUT2D eigenvalue weighted by molar-refractivity contribution is 5.11. The Kier molecular flexibility index (Phi) is 4.06. The molecule has 2 atom stereocenters. The predicted octanol–water partition coefficient (Wildman–Crippen LogP) is 2.13. The second-order valence-corrected chi connectivity index (χ2v) is 5.87. The van der Waals surface area contributed by atoms with Crippen LogP contribution in [0.2, 0.25) is 0 Å². The Morgan fingerprint density at radius 1 is 1.41 bits per heavy atom. The van der Waals surface area contributed by atoms with E-state index in [1.54, 1.807) is 0 Å². The van der Waals surface area contributed by atoms with E-state index in [1.807, 2.05) is 0 Å². The smallest absolute Gasteiger partial charge is 0.107 e. The van der Waals surface area contributed by atoms with Gasteiger partial charge in [0.15, 0.2) is 0 Å². The third kappa shape index (κ3) is 3.20. The van der Waals surface area contributed by atoms with Crippen LogP contribution < -0.4 is 5.73 Å². The summed E-state index contributed by atoms with van der Waals surface area (Å²) >= 11 is 0. The summed E-state index contributed by atoms with van der Waals surface area (Å²) in [4.78, 5) is 2.54. The standard InChI is InChI=1S/C14H25N3/c1-2-17(10-12-5-6-12)9-7-13-4-3-8-14(13,16)11-15/h12-13H,2-10,16H2,1H3. The Labute approximate surface area is 105 Å². The molecule has 3 heteroatoms. The average molecular weight is 235 g/mol. The zero-order valence-corrected chi connectivity index (χ0v) is 11.0. The molecule has 0 aromatic heterocycles. The van der Waals surface area contributed by atoms with E-state index in [0.29, 0.717) is 5.92 Å². The third-order valence-electron chi connectivity index (χ3n) is 4.53. The van der Waals surface area contributed by atoms with Crippen molar-refractivity contribution in [3.05, 3.63) is 0 Å². The summed E-state index contributed by atoms with van der Waals surface area (Å²) in [6.07, 6.45) is 7.10. The van der Waals surface area contributed by atoms with Gasteiger partial charge >= 0.3 is 0 Å². The molecule has 2 aliphatic carbocycles. The highest BCUT2D eigenvalue weighted by Gasteiger charge is 2.39. The number of rotatable bonds is 6. The largest absolute Gasteiger partial charge is 0.313 e. The van der Waals surface area contributed by atoms with E-state index in [0.717, 1.165) is 44.7 Å². The van der Waals surface area contributed by atoms with Crippen molar-refractivity contribution in [2.75, 3.05) is 19.6 Å². The van der Waals surface area contributed by atoms with E-state index in [4.69, 9.17) is 5.73 Å². The zero-order valence-electron chi connectivity index (χ0n) is 11.0. The van der Waals surface area contributed by atoms with Crippen LogP contribution in [-0.2, 0) is 0 Å². The van der Waals surface area contributed by atoms with Crippen LogP contribution in [-0.4, -0.2) is 30.1 Å². The van der Waals surface area contributed by atoms with Gasteiger partial charge in [0.25, 0.3) is 0 Å². The average Bonchev–Trinajstić information content (AvgIpc) is 3.08. The fraction of sp³-hybridized carbons (Fsp3) is 0.929. The first-order valence-corrected chi connectivity index (χ1v) is 7.10. The molecule has 2 saturated carbocycles. The minimum Gasteiger partial charge on any atom is -0.313 e. The Morgan fingerprint density at radius 2 is 2.18 bits per heavy atom. The summed E-state index contributed by atoms with van der Waals surface area (Å²) in [6, 6.07) is 2.34. The monoisotopic (exact) mass is 235 g/mol. The third-order valence-corrected chi connectivity index (χ3v) is 4.53. The van der Waals surface area contributed by atoms with Gasteiger partial charge in [0.05, 0.1) is 6.07 Å². The SMILES string of the molecule is CCN(CCC1CCCC1(N)C#N)CC1CC1. The van der Waals surface area contributed by atoms with Gasteiger partial charge in [0.1, 0.15) is 5.54 Å². The number of nitriles is 1. The molecule has 0 saturated heterocycles. The molecule has 2 aliphatic rings. The van der Waals surface area contributed by atoms with Gasteiger partial charge in [-0.05, 0) is 57.0 Å². The van der Waals surface area contributed by atoms with Crippen molar-refractivity contribution in [2.45, 2.75) is 51.0 Å². The van der Waals surface area contributed by atoms with Crippen molar-refractivity contribution in [2.24, 2.45) is 17.6 Å². The summed E-state index contributed by atoms with van der Waals surface area (Å²) < 4.78 is 0. The van der Waals surface area contributed by atoms with E-state index >= 15 is 0 Å². The van der Waals surface area contributed by atoms with Crippen molar-refractivity contribution < 1.29 is 0 Å². The molecule has 0 aromatic rings. The van der Waals surface area contributed by atoms with Crippen LogP contribution in [0.25, 0.3) is 0 Å². The summed E-state index contributed by atoms with van der Waals surface area (Å²) in [7, 11) is 0. The lowest BCUT2D eigenvalue weighted by atomic mass is 9.87. The van der Waals surface area contributed by atoms with Crippen LogP contribution in [0.4, 0.5) is 0 Å². The van der Waals surface area contributed by atoms with E-state index in [9.17, 15) is 5.26 Å². The summed E-state index contributed by atoms with van der Waals surface area (Å²) in [5.41, 5.74) is 5.64. The molecule has 3 nitrogen and oxygen atoms in total. The van der Waals surface area contributed by atoms with E-state index < -0.39 is 5.54 Å². The van der Waals surface area contributed by atoms with Gasteiger partial charge in [0, 0.05) is 6.54 Å². The van der Waals surface area contributed by atoms with Crippen molar-refractivity contribution in [3.63, 3.8) is 0 Å². The van der Waals surface area contributed by atoms with E-state index in [-0.39, 0.29) is 0 Å². The first-order chi connectivity index (χ1) is 8.18. The number of nitrogens with two attached hydrogens (primary N) is 1. The number of hydrogen-bond donors (Lipinski definition) is 1. The van der Waals surface area contributed by atoms with Crippen LogP contribution in [0.3, 0.4) is 0 Å². The maximum atomic E-state index is 9.18. The molecule has 0 bridgehead atoms. The summed E-state index contributed by atoms with van der Waals surface area (Å²) in [6.45, 7) is 5.75. The van der Waals surface area contributed by atoms with Gasteiger partial charge in [-0.15, -0.1) is 0 Å². The van der Waals surface area contributed by atoms with Crippen molar-refractivity contribution >= 4 is 0 Å². The molecule has 0 radical (unpaired) electrons. The van der Waals surface area contributed by atoms with Crippen molar-refractivity contribution in [3.8, 4) is 6.07 Å². The second kappa shape index (κ2) is 5.37. The van der Waals surface area contributed by atoms with Crippen LogP contribution in [0.1, 0.15) is 45.4 Å². The lowest BCUT2D eigenvalue weighted by Gasteiger charge is -2.27. The molecule has 0 aromatic carbocycles. The lowest BCUT2D eigenvalue weighted by Crippen LogP contribution is -2.43. The topological polar surface area (TPSA) is 53.0 Å². The van der Waals surface area contributed by atoms with Gasteiger partial charge < -0.3 is 10.6 Å². The normalized spacial score (nSPS) is 32.9. The molecule has 0 aliphatic heterocycles. The zero-order chi connectivity index (χ0) is 12.3. The quantitative estimate of drug-likeness (QED) is 0.767. The predicted molar refractivity (Wildman–Crippen MR) is 69.3 cm³/mol. The molecular formula is C14H25N3. The number of hydrogen-bond acceptors (Lipinski definition) is 3. The summed E-state index contributed by atoms with van der Waals surface area (Å²) in [5.74, 6) is 1.37. The van der Waals surface area contributed by atoms with Gasteiger partial charge in [-0.1, -0.05) is 13.3 Å². The maximum absolute atomic E-state index is 9.18. The van der Waals surface area contributed by atoms with Crippen LogP contribution in [0.15, 0.2) is 0 Å². The van der Waals surface area contributed by atoms with Crippen molar-refractivity contribution in [1.82, 2.24) is 4.90 Å². The lowest BCUT2D eigenvalue weighted by molar-refractivity contribution is 0.238. The highest BCUT2D eigenvalue weighted by Crippen LogP contribution is 2.36. The van der Waals surface area contributed by atoms with Gasteiger partial charge in [0.2, 0.25) is 0 Å². The fourth-order valence-electron chi connectivity index (χ4n) is 3.03. The highest BCUT2D eigenvalue weighted by atomic mass is 15.1. The molecule has 0 heterocycles. The molecular weight excluding hydrogens is 210 g/mol. The van der Waals surface area contributed by atoms with Crippen LogP contribution >= 0.6 is 0 Å². The Bertz CT molecular complexity index is 292. The molecule has 2 N–H and O–H groups in total. The van der Waals surface area contributed by atoms with Gasteiger partial charge in [-0.2, -0.15) is 5.26 Å². The van der Waals surface area contributed by atoms with Crippen LogP contribution in [0.5, 0.6) is 0 Å². The molecule has 0 amide bonds. The summed E-state index contributed by atoms with van der Waals surface area (Å²) in [5, 5.41) is 9.18. The number of nitrogens with zero attached hydrogens (tertiary/aromatic N) is 2. The van der Waals surface area contributed by atoms with Crippen molar-refractivity contribution in [1.29, 1.82) is 5.26 Å².